The van der Waals surface area contributed by atoms with Gasteiger partial charge in [0.25, 0.3) is 0 Å². The van der Waals surface area contributed by atoms with Crippen molar-refractivity contribution in [3.05, 3.63) is 194 Å². The quantitative estimate of drug-likeness (QED) is 0.171. The smallest absolute Gasteiger partial charge is 0.164 e. The largest absolute Gasteiger partial charge is 0.309 e. The topological polar surface area (TPSA) is 43.6 Å². The molecular weight excluding hydrogens is 701 g/mol. The Morgan fingerprint density at radius 3 is 1.61 bits per heavy atom. The first-order valence-corrected chi connectivity index (χ1v) is 19.6. The van der Waals surface area contributed by atoms with Crippen molar-refractivity contribution in [3.63, 3.8) is 0 Å². The van der Waals surface area contributed by atoms with E-state index < -0.39 is 0 Å². The van der Waals surface area contributed by atoms with Gasteiger partial charge < -0.3 is 4.57 Å². The molecule has 0 radical (unpaired) electrons. The van der Waals surface area contributed by atoms with Crippen LogP contribution < -0.4 is 0 Å². The Kier molecular flexibility index (Phi) is 7.64. The minimum Gasteiger partial charge on any atom is -0.309 e. The van der Waals surface area contributed by atoms with E-state index in [2.05, 4.69) is 138 Å². The molecule has 0 atom stereocenters. The molecule has 0 unspecified atom stereocenters. The molecule has 3 heterocycles. The highest BCUT2D eigenvalue weighted by molar-refractivity contribution is 7.26. The van der Waals surface area contributed by atoms with Crippen LogP contribution in [0.25, 0.3) is 104 Å². The number of para-hydroxylation sites is 1. The van der Waals surface area contributed by atoms with Crippen molar-refractivity contribution in [1.29, 1.82) is 0 Å². The fraction of sp³-hybridized carbons (Fsp3) is 0. The van der Waals surface area contributed by atoms with Gasteiger partial charge in [0.15, 0.2) is 17.5 Å². The van der Waals surface area contributed by atoms with E-state index >= 15 is 0 Å². The summed E-state index contributed by atoms with van der Waals surface area (Å²) < 4.78 is 5.06. The standard InChI is InChI=1S/C51H32N4S/c1-3-13-34(14-4-1)49-52-50(35-15-5-2-6-16-35)54-51(53-49)36-27-25-33(26-28-36)37-17-11-18-39(31-37)55-45-23-9-7-19-41(45)42-30-29-38(32-46(42)55)40-21-12-22-44-43-20-8-10-24-47(43)56-48(40)44/h1-32H. The molecule has 262 valence electrons. The summed E-state index contributed by atoms with van der Waals surface area (Å²) in [6.07, 6.45) is 0. The highest BCUT2D eigenvalue weighted by Crippen LogP contribution is 2.42. The summed E-state index contributed by atoms with van der Waals surface area (Å²) in [5.74, 6) is 1.95. The van der Waals surface area contributed by atoms with Gasteiger partial charge in [-0.2, -0.15) is 0 Å². The van der Waals surface area contributed by atoms with Crippen LogP contribution >= 0.6 is 11.3 Å². The summed E-state index contributed by atoms with van der Waals surface area (Å²) in [6, 6.07) is 68.7. The molecule has 11 aromatic rings. The Morgan fingerprint density at radius 1 is 0.339 bits per heavy atom. The molecule has 4 nitrogen and oxygen atoms in total. The van der Waals surface area contributed by atoms with Crippen LogP contribution in [0.4, 0.5) is 0 Å². The van der Waals surface area contributed by atoms with Crippen LogP contribution in [0.15, 0.2) is 194 Å². The molecule has 0 saturated heterocycles. The predicted molar refractivity (Wildman–Crippen MR) is 234 cm³/mol. The number of benzene rings is 8. The van der Waals surface area contributed by atoms with Gasteiger partial charge in [-0.15, -0.1) is 11.3 Å². The molecule has 3 aromatic heterocycles. The maximum absolute atomic E-state index is 4.94. The van der Waals surface area contributed by atoms with Gasteiger partial charge >= 0.3 is 0 Å². The molecule has 11 rings (SSSR count). The highest BCUT2D eigenvalue weighted by atomic mass is 32.1. The van der Waals surface area contributed by atoms with Crippen LogP contribution in [-0.4, -0.2) is 19.5 Å². The van der Waals surface area contributed by atoms with Gasteiger partial charge in [-0.25, -0.2) is 15.0 Å². The number of nitrogens with zero attached hydrogens (tertiary/aromatic N) is 4. The van der Waals surface area contributed by atoms with Crippen molar-refractivity contribution >= 4 is 53.3 Å². The van der Waals surface area contributed by atoms with Gasteiger partial charge in [0.1, 0.15) is 0 Å². The monoisotopic (exact) mass is 732 g/mol. The summed E-state index contributed by atoms with van der Waals surface area (Å²) in [5.41, 5.74) is 11.1. The molecule has 0 aliphatic heterocycles. The molecule has 0 amide bonds. The highest BCUT2D eigenvalue weighted by Gasteiger charge is 2.17. The number of aromatic nitrogens is 4. The van der Waals surface area contributed by atoms with E-state index in [1.54, 1.807) is 0 Å². The van der Waals surface area contributed by atoms with Crippen LogP contribution in [0.5, 0.6) is 0 Å². The van der Waals surface area contributed by atoms with Crippen LogP contribution in [0, 0.1) is 0 Å². The lowest BCUT2D eigenvalue weighted by molar-refractivity contribution is 1.07. The molecule has 5 heteroatoms. The van der Waals surface area contributed by atoms with E-state index in [-0.39, 0.29) is 0 Å². The van der Waals surface area contributed by atoms with Crippen molar-refractivity contribution in [2.45, 2.75) is 0 Å². The van der Waals surface area contributed by atoms with E-state index in [0.29, 0.717) is 17.5 Å². The van der Waals surface area contributed by atoms with Gasteiger partial charge in [-0.3, -0.25) is 0 Å². The average Bonchev–Trinajstić information content (AvgIpc) is 3.83. The Hall–Kier alpha value is -7.21. The second-order valence-corrected chi connectivity index (χ2v) is 15.1. The third-order valence-corrected chi connectivity index (χ3v) is 11.9. The zero-order valence-electron chi connectivity index (χ0n) is 30.2. The first-order valence-electron chi connectivity index (χ1n) is 18.8. The molecule has 0 saturated carbocycles. The van der Waals surface area contributed by atoms with E-state index in [1.807, 2.05) is 72.0 Å². The van der Waals surface area contributed by atoms with Gasteiger partial charge in [0, 0.05) is 53.3 Å². The van der Waals surface area contributed by atoms with E-state index in [1.165, 1.54) is 53.1 Å². The summed E-state index contributed by atoms with van der Waals surface area (Å²) in [7, 11) is 0. The molecule has 8 aromatic carbocycles. The molecule has 56 heavy (non-hydrogen) atoms. The van der Waals surface area contributed by atoms with Gasteiger partial charge in [0.2, 0.25) is 0 Å². The minimum atomic E-state index is 0.644. The molecule has 0 spiro atoms. The Bertz CT molecular complexity index is 3180. The van der Waals surface area contributed by atoms with Gasteiger partial charge in [0.05, 0.1) is 11.0 Å². The number of thiophene rings is 1. The van der Waals surface area contributed by atoms with E-state index in [4.69, 9.17) is 15.0 Å². The Labute approximate surface area is 327 Å². The lowest BCUT2D eigenvalue weighted by Crippen LogP contribution is -2.00. The van der Waals surface area contributed by atoms with Gasteiger partial charge in [-0.1, -0.05) is 164 Å². The number of hydrogen-bond acceptors (Lipinski definition) is 4. The normalized spacial score (nSPS) is 11.6. The minimum absolute atomic E-state index is 0.644. The summed E-state index contributed by atoms with van der Waals surface area (Å²) in [5, 5.41) is 5.11. The van der Waals surface area contributed by atoms with Crippen LogP contribution in [0.2, 0.25) is 0 Å². The Balaban J connectivity index is 1.00. The van der Waals surface area contributed by atoms with E-state index in [0.717, 1.165) is 33.5 Å². The molecule has 0 bridgehead atoms. The second-order valence-electron chi connectivity index (χ2n) is 14.0. The summed E-state index contributed by atoms with van der Waals surface area (Å²) >= 11 is 1.87. The fourth-order valence-electron chi connectivity index (χ4n) is 7.96. The zero-order chi connectivity index (χ0) is 37.0. The van der Waals surface area contributed by atoms with Crippen molar-refractivity contribution in [2.24, 2.45) is 0 Å². The number of rotatable bonds is 6. The first kappa shape index (κ1) is 32.2. The van der Waals surface area contributed by atoms with Crippen LogP contribution in [-0.2, 0) is 0 Å². The fourth-order valence-corrected chi connectivity index (χ4v) is 9.20. The van der Waals surface area contributed by atoms with Crippen molar-refractivity contribution in [3.8, 4) is 62.1 Å². The van der Waals surface area contributed by atoms with Crippen molar-refractivity contribution in [2.75, 3.05) is 0 Å². The maximum atomic E-state index is 4.94. The van der Waals surface area contributed by atoms with E-state index in [9.17, 15) is 0 Å². The van der Waals surface area contributed by atoms with Crippen LogP contribution in [0.3, 0.4) is 0 Å². The maximum Gasteiger partial charge on any atom is 0.164 e. The lowest BCUT2D eigenvalue weighted by atomic mass is 10.0. The second kappa shape index (κ2) is 13.3. The van der Waals surface area contributed by atoms with Crippen molar-refractivity contribution < 1.29 is 0 Å². The third kappa shape index (κ3) is 5.48. The predicted octanol–water partition coefficient (Wildman–Crippen LogP) is 13.7. The number of fused-ring (bicyclic) bond motifs is 6. The SMILES string of the molecule is c1ccc(-c2nc(-c3ccccc3)nc(-c3ccc(-c4cccc(-n5c6ccccc6c6ccc(-c7cccc8c7sc7ccccc78)cc65)c4)cc3)n2)cc1. The molecule has 0 N–H and O–H groups in total. The lowest BCUT2D eigenvalue weighted by Gasteiger charge is -2.12. The molecular formula is C51H32N4S. The summed E-state index contributed by atoms with van der Waals surface area (Å²) in [6.45, 7) is 0. The first-order chi connectivity index (χ1) is 27.7. The average molecular weight is 733 g/mol. The number of hydrogen-bond donors (Lipinski definition) is 0. The zero-order valence-corrected chi connectivity index (χ0v) is 31.0. The van der Waals surface area contributed by atoms with Gasteiger partial charge in [-0.05, 0) is 52.6 Å². The van der Waals surface area contributed by atoms with Crippen molar-refractivity contribution in [1.82, 2.24) is 19.5 Å². The molecule has 0 fully saturated rings. The summed E-state index contributed by atoms with van der Waals surface area (Å²) in [4.78, 5) is 14.7. The Morgan fingerprint density at radius 2 is 0.875 bits per heavy atom. The molecule has 0 aliphatic rings. The molecule has 0 aliphatic carbocycles. The van der Waals surface area contributed by atoms with Crippen LogP contribution in [0.1, 0.15) is 0 Å². The third-order valence-electron chi connectivity index (χ3n) is 10.7.